The standard InChI is InChI=1S/C27H32ClFN4O3S/c1-27(2,3)31(5)37(35,36)21-12-17-10-11-30(4)25(17)24(14-21)33-19-7-8-20(33)16-32(15-19)26(34)22-9-6-18(29)13-23(22)28/h6,9-14,19-20H,7-8,15-16H2,1-5H3/t19-,20+. The second kappa shape index (κ2) is 8.99. The fourth-order valence-electron chi connectivity index (χ4n) is 5.55. The van der Waals surface area contributed by atoms with E-state index in [0.717, 1.165) is 35.5 Å². The van der Waals surface area contributed by atoms with Crippen molar-refractivity contribution < 1.29 is 17.6 Å². The number of aryl methyl sites for hydroxylation is 1. The van der Waals surface area contributed by atoms with Gasteiger partial charge in [0.2, 0.25) is 10.0 Å². The van der Waals surface area contributed by atoms with E-state index in [1.54, 1.807) is 24.1 Å². The molecule has 0 saturated carbocycles. The molecule has 10 heteroatoms. The molecule has 2 bridgehead atoms. The van der Waals surface area contributed by atoms with Crippen LogP contribution in [0.15, 0.2) is 47.5 Å². The van der Waals surface area contributed by atoms with E-state index in [9.17, 15) is 17.6 Å². The Labute approximate surface area is 222 Å². The van der Waals surface area contributed by atoms with E-state index >= 15 is 0 Å². The highest BCUT2D eigenvalue weighted by molar-refractivity contribution is 7.89. The third-order valence-corrected chi connectivity index (χ3v) is 10.1. The Morgan fingerprint density at radius 2 is 1.73 bits per heavy atom. The van der Waals surface area contributed by atoms with E-state index in [4.69, 9.17) is 11.6 Å². The van der Waals surface area contributed by atoms with E-state index in [1.807, 2.05) is 44.6 Å². The summed E-state index contributed by atoms with van der Waals surface area (Å²) in [6, 6.07) is 9.36. The molecule has 2 aromatic carbocycles. The third kappa shape index (κ3) is 4.41. The predicted octanol–water partition coefficient (Wildman–Crippen LogP) is 4.88. The molecular formula is C27H32ClFN4O3S. The van der Waals surface area contributed by atoms with E-state index in [2.05, 4.69) is 4.90 Å². The van der Waals surface area contributed by atoms with Crippen LogP contribution in [0, 0.1) is 5.82 Å². The Balaban J connectivity index is 1.53. The summed E-state index contributed by atoms with van der Waals surface area (Å²) < 4.78 is 44.2. The number of rotatable bonds is 4. The summed E-state index contributed by atoms with van der Waals surface area (Å²) in [4.78, 5) is 17.6. The van der Waals surface area contributed by atoms with Crippen molar-refractivity contribution in [3.8, 4) is 0 Å². The summed E-state index contributed by atoms with van der Waals surface area (Å²) >= 11 is 6.18. The van der Waals surface area contributed by atoms with Crippen LogP contribution in [0.2, 0.25) is 5.02 Å². The molecule has 2 fully saturated rings. The molecule has 1 amide bonds. The topological polar surface area (TPSA) is 65.9 Å². The number of carbonyl (C=O) groups excluding carboxylic acids is 1. The second-order valence-electron chi connectivity index (χ2n) is 11.1. The molecule has 0 aliphatic carbocycles. The molecule has 5 rings (SSSR count). The highest BCUT2D eigenvalue weighted by Gasteiger charge is 2.43. The Hall–Kier alpha value is -2.62. The van der Waals surface area contributed by atoms with Gasteiger partial charge in [-0.3, -0.25) is 4.79 Å². The molecular weight excluding hydrogens is 515 g/mol. The van der Waals surface area contributed by atoms with Crippen molar-refractivity contribution in [1.82, 2.24) is 13.8 Å². The van der Waals surface area contributed by atoms with Gasteiger partial charge in [-0.25, -0.2) is 12.8 Å². The molecule has 7 nitrogen and oxygen atoms in total. The number of amides is 1. The summed E-state index contributed by atoms with van der Waals surface area (Å²) in [7, 11) is -0.168. The lowest BCUT2D eigenvalue weighted by Gasteiger charge is -2.43. The van der Waals surface area contributed by atoms with Crippen molar-refractivity contribution in [2.24, 2.45) is 7.05 Å². The number of hydrogen-bond donors (Lipinski definition) is 0. The molecule has 0 N–H and O–H groups in total. The molecule has 2 aliphatic heterocycles. The SMILES string of the molecule is CN(C(C)(C)C)S(=O)(=O)c1cc(N2[C@@H]3CC[C@H]2CN(C(=O)c2ccc(F)cc2Cl)C3)c2c(ccn2C)c1. The van der Waals surface area contributed by atoms with Gasteiger partial charge >= 0.3 is 0 Å². The molecule has 1 aromatic heterocycles. The van der Waals surface area contributed by atoms with E-state index in [-0.39, 0.29) is 27.9 Å². The number of sulfonamides is 1. The minimum Gasteiger partial charge on any atom is -0.360 e. The van der Waals surface area contributed by atoms with Crippen molar-refractivity contribution in [1.29, 1.82) is 0 Å². The van der Waals surface area contributed by atoms with Gasteiger partial charge < -0.3 is 14.4 Å². The summed E-state index contributed by atoms with van der Waals surface area (Å²) in [6.07, 6.45) is 3.71. The van der Waals surface area contributed by atoms with Gasteiger partial charge in [0.15, 0.2) is 0 Å². The molecule has 0 spiro atoms. The average molecular weight is 547 g/mol. The monoisotopic (exact) mass is 546 g/mol. The first-order valence-corrected chi connectivity index (χ1v) is 14.2. The number of halogens is 2. The van der Waals surface area contributed by atoms with Gasteiger partial charge in [-0.15, -0.1) is 0 Å². The van der Waals surface area contributed by atoms with Crippen LogP contribution >= 0.6 is 11.6 Å². The maximum atomic E-state index is 13.6. The lowest BCUT2D eigenvalue weighted by Crippen LogP contribution is -2.55. The maximum absolute atomic E-state index is 13.6. The van der Waals surface area contributed by atoms with Crippen molar-refractivity contribution in [2.45, 2.75) is 56.1 Å². The van der Waals surface area contributed by atoms with Crippen LogP contribution < -0.4 is 4.90 Å². The fraction of sp³-hybridized carbons (Fsp3) is 0.444. The van der Waals surface area contributed by atoms with Crippen LogP contribution in [0.3, 0.4) is 0 Å². The Morgan fingerprint density at radius 3 is 2.32 bits per heavy atom. The summed E-state index contributed by atoms with van der Waals surface area (Å²) in [5.41, 5.74) is 1.55. The number of likely N-dealkylation sites (tertiary alicyclic amines) is 1. The molecule has 2 saturated heterocycles. The van der Waals surface area contributed by atoms with Gasteiger partial charge in [-0.05, 0) is 70.0 Å². The second-order valence-corrected chi connectivity index (χ2v) is 13.5. The number of nitrogens with zero attached hydrogens (tertiary/aromatic N) is 4. The number of carbonyl (C=O) groups is 1. The Morgan fingerprint density at radius 1 is 1.08 bits per heavy atom. The zero-order chi connectivity index (χ0) is 26.9. The average Bonchev–Trinajstić information content (AvgIpc) is 3.32. The normalized spacial score (nSPS) is 20.3. The minimum absolute atomic E-state index is 0.0262. The van der Waals surface area contributed by atoms with Crippen molar-refractivity contribution in [3.05, 3.63) is 59.0 Å². The van der Waals surface area contributed by atoms with Crippen LogP contribution in [0.1, 0.15) is 44.0 Å². The summed E-state index contributed by atoms with van der Waals surface area (Å²) in [5, 5.41) is 0.961. The Kier molecular flexibility index (Phi) is 6.32. The molecule has 37 heavy (non-hydrogen) atoms. The fourth-order valence-corrected chi connectivity index (χ4v) is 7.37. The predicted molar refractivity (Wildman–Crippen MR) is 144 cm³/mol. The minimum atomic E-state index is -3.74. The largest absolute Gasteiger partial charge is 0.360 e. The van der Waals surface area contributed by atoms with Gasteiger partial charge in [0, 0.05) is 56.4 Å². The Bertz CT molecular complexity index is 1480. The first kappa shape index (κ1) is 26.0. The quantitative estimate of drug-likeness (QED) is 0.468. The van der Waals surface area contributed by atoms with Crippen molar-refractivity contribution in [2.75, 3.05) is 25.0 Å². The first-order chi connectivity index (χ1) is 17.3. The van der Waals surface area contributed by atoms with Gasteiger partial charge in [0.1, 0.15) is 5.82 Å². The number of benzene rings is 2. The van der Waals surface area contributed by atoms with Gasteiger partial charge in [0.05, 0.1) is 26.7 Å². The van der Waals surface area contributed by atoms with Crippen LogP contribution in [0.4, 0.5) is 10.1 Å². The van der Waals surface area contributed by atoms with Crippen molar-refractivity contribution >= 4 is 44.1 Å². The molecule has 2 atom stereocenters. The smallest absolute Gasteiger partial charge is 0.255 e. The van der Waals surface area contributed by atoms with Crippen LogP contribution in [0.25, 0.3) is 10.9 Å². The van der Waals surface area contributed by atoms with Crippen LogP contribution in [-0.4, -0.2) is 65.9 Å². The van der Waals surface area contributed by atoms with Crippen LogP contribution in [0.5, 0.6) is 0 Å². The van der Waals surface area contributed by atoms with E-state index < -0.39 is 21.4 Å². The third-order valence-electron chi connectivity index (χ3n) is 7.74. The number of piperazine rings is 1. The molecule has 3 aromatic rings. The molecule has 3 heterocycles. The lowest BCUT2D eigenvalue weighted by atomic mass is 10.1. The lowest BCUT2D eigenvalue weighted by molar-refractivity contribution is 0.0718. The zero-order valence-electron chi connectivity index (χ0n) is 21.7. The molecule has 0 radical (unpaired) electrons. The summed E-state index contributed by atoms with van der Waals surface area (Å²) in [5.74, 6) is -0.696. The summed E-state index contributed by atoms with van der Waals surface area (Å²) in [6.45, 7) is 6.57. The number of hydrogen-bond acceptors (Lipinski definition) is 4. The number of anilines is 1. The van der Waals surface area contributed by atoms with Gasteiger partial charge in [-0.1, -0.05) is 11.6 Å². The first-order valence-electron chi connectivity index (χ1n) is 12.4. The van der Waals surface area contributed by atoms with E-state index in [0.29, 0.717) is 18.7 Å². The zero-order valence-corrected chi connectivity index (χ0v) is 23.3. The van der Waals surface area contributed by atoms with E-state index in [1.165, 1.54) is 16.4 Å². The number of fused-ring (bicyclic) bond motifs is 3. The molecule has 0 unspecified atom stereocenters. The molecule has 198 valence electrons. The highest BCUT2D eigenvalue weighted by Crippen LogP contribution is 2.41. The van der Waals surface area contributed by atoms with Gasteiger partial charge in [0.25, 0.3) is 5.91 Å². The molecule has 2 aliphatic rings. The number of aromatic nitrogens is 1. The van der Waals surface area contributed by atoms with Gasteiger partial charge in [-0.2, -0.15) is 4.31 Å². The maximum Gasteiger partial charge on any atom is 0.255 e. The highest BCUT2D eigenvalue weighted by atomic mass is 35.5. The van der Waals surface area contributed by atoms with Crippen molar-refractivity contribution in [3.63, 3.8) is 0 Å². The van der Waals surface area contributed by atoms with Crippen LogP contribution in [-0.2, 0) is 17.1 Å².